The van der Waals surface area contributed by atoms with Crippen molar-refractivity contribution in [2.24, 2.45) is 0 Å². The Morgan fingerprint density at radius 2 is 2.21 bits per heavy atom. The van der Waals surface area contributed by atoms with E-state index in [0.29, 0.717) is 11.5 Å². The fraction of sp³-hybridized carbons (Fsp3) is 0.154. The molecule has 2 aromatic rings. The Balaban J connectivity index is 2.30. The summed E-state index contributed by atoms with van der Waals surface area (Å²) in [7, 11) is 1.58. The molecule has 1 aromatic carbocycles. The zero-order valence-electron chi connectivity index (χ0n) is 10.5. The Morgan fingerprint density at radius 1 is 1.42 bits per heavy atom. The average molecular weight is 260 g/mol. The van der Waals surface area contributed by atoms with Crippen LogP contribution in [0.3, 0.4) is 0 Å². The maximum absolute atomic E-state index is 10.4. The van der Waals surface area contributed by atoms with Gasteiger partial charge in [-0.15, -0.1) is 10.2 Å². The van der Waals surface area contributed by atoms with E-state index in [1.165, 1.54) is 6.08 Å². The van der Waals surface area contributed by atoms with Crippen molar-refractivity contribution in [1.82, 2.24) is 10.2 Å². The molecule has 0 aliphatic carbocycles. The number of aryl methyl sites for hydroxylation is 1. The van der Waals surface area contributed by atoms with Gasteiger partial charge in [0.2, 0.25) is 11.8 Å². The quantitative estimate of drug-likeness (QED) is 0.848. The van der Waals surface area contributed by atoms with Crippen molar-refractivity contribution < 1.29 is 19.1 Å². The second kappa shape index (κ2) is 5.34. The van der Waals surface area contributed by atoms with E-state index in [9.17, 15) is 4.79 Å². The van der Waals surface area contributed by atoms with E-state index in [1.54, 1.807) is 13.2 Å². The molecule has 1 aromatic heterocycles. The molecular weight excluding hydrogens is 248 g/mol. The first-order valence-electron chi connectivity index (χ1n) is 5.49. The number of benzene rings is 1. The van der Waals surface area contributed by atoms with Crippen LogP contribution in [-0.2, 0) is 4.79 Å². The molecule has 0 saturated carbocycles. The Kier molecular flexibility index (Phi) is 3.61. The van der Waals surface area contributed by atoms with Crippen LogP contribution in [0.25, 0.3) is 17.5 Å². The maximum atomic E-state index is 10.4. The normalized spacial score (nSPS) is 10.8. The number of hydrogen-bond acceptors (Lipinski definition) is 5. The van der Waals surface area contributed by atoms with Crippen LogP contribution in [-0.4, -0.2) is 28.4 Å². The van der Waals surface area contributed by atoms with Crippen LogP contribution >= 0.6 is 0 Å². The number of carboxylic acids is 1. The summed E-state index contributed by atoms with van der Waals surface area (Å²) >= 11 is 0. The lowest BCUT2D eigenvalue weighted by atomic mass is 10.1. The van der Waals surface area contributed by atoms with Crippen molar-refractivity contribution in [2.75, 3.05) is 7.11 Å². The van der Waals surface area contributed by atoms with E-state index in [1.807, 2.05) is 19.1 Å². The largest absolute Gasteiger partial charge is 0.496 e. The molecule has 2 rings (SSSR count). The zero-order valence-corrected chi connectivity index (χ0v) is 10.5. The topological polar surface area (TPSA) is 85.5 Å². The van der Waals surface area contributed by atoms with Gasteiger partial charge in [0, 0.05) is 17.7 Å². The fourth-order valence-corrected chi connectivity index (χ4v) is 1.51. The first kappa shape index (κ1) is 12.8. The van der Waals surface area contributed by atoms with Crippen LogP contribution in [0.4, 0.5) is 0 Å². The predicted octanol–water partition coefficient (Wildman–Crippen LogP) is 2.15. The predicted molar refractivity (Wildman–Crippen MR) is 67.7 cm³/mol. The molecule has 98 valence electrons. The molecule has 0 atom stereocenters. The van der Waals surface area contributed by atoms with Gasteiger partial charge in [-0.05, 0) is 24.6 Å². The molecule has 0 spiro atoms. The molecular formula is C13H12N2O4. The summed E-state index contributed by atoms with van der Waals surface area (Å²) in [4.78, 5) is 10.4. The number of aliphatic carboxylic acids is 1. The Labute approximate surface area is 109 Å². The lowest BCUT2D eigenvalue weighted by Crippen LogP contribution is -1.88. The minimum absolute atomic E-state index is 0.136. The molecule has 1 N–H and O–H groups in total. The second-order valence-corrected chi connectivity index (χ2v) is 3.80. The van der Waals surface area contributed by atoms with Gasteiger partial charge in [-0.25, -0.2) is 4.79 Å². The smallest absolute Gasteiger partial charge is 0.328 e. The third-order valence-corrected chi connectivity index (χ3v) is 2.46. The van der Waals surface area contributed by atoms with Crippen LogP contribution in [0, 0.1) is 6.92 Å². The fourth-order valence-electron chi connectivity index (χ4n) is 1.51. The van der Waals surface area contributed by atoms with Crippen LogP contribution in [0.5, 0.6) is 5.75 Å². The summed E-state index contributed by atoms with van der Waals surface area (Å²) < 4.78 is 10.5. The minimum atomic E-state index is -1.07. The number of ether oxygens (including phenoxy) is 1. The highest BCUT2D eigenvalue weighted by molar-refractivity contribution is 5.84. The number of nitrogens with zero attached hydrogens (tertiary/aromatic N) is 2. The van der Waals surface area contributed by atoms with Gasteiger partial charge in [-0.1, -0.05) is 6.07 Å². The van der Waals surface area contributed by atoms with Gasteiger partial charge in [0.15, 0.2) is 0 Å². The van der Waals surface area contributed by atoms with Crippen molar-refractivity contribution in [3.05, 3.63) is 35.7 Å². The number of carbonyl (C=O) groups is 1. The lowest BCUT2D eigenvalue weighted by Gasteiger charge is -2.04. The number of aromatic nitrogens is 2. The molecule has 6 nitrogen and oxygen atoms in total. The van der Waals surface area contributed by atoms with E-state index < -0.39 is 5.97 Å². The van der Waals surface area contributed by atoms with Gasteiger partial charge >= 0.3 is 5.97 Å². The van der Waals surface area contributed by atoms with Crippen molar-refractivity contribution in [2.45, 2.75) is 6.92 Å². The Bertz CT molecular complexity index is 631. The first-order chi connectivity index (χ1) is 9.10. The number of hydrogen-bond donors (Lipinski definition) is 1. The molecule has 0 aliphatic heterocycles. The average Bonchev–Trinajstić information content (AvgIpc) is 2.86. The third kappa shape index (κ3) is 2.98. The highest BCUT2D eigenvalue weighted by Gasteiger charge is 2.09. The molecule has 6 heteroatoms. The van der Waals surface area contributed by atoms with E-state index in [2.05, 4.69) is 10.2 Å². The van der Waals surface area contributed by atoms with Crippen molar-refractivity contribution >= 4 is 12.0 Å². The third-order valence-electron chi connectivity index (χ3n) is 2.46. The van der Waals surface area contributed by atoms with Gasteiger partial charge in [-0.3, -0.25) is 0 Å². The minimum Gasteiger partial charge on any atom is -0.496 e. The number of methoxy groups -OCH3 is 1. The van der Waals surface area contributed by atoms with E-state index in [-0.39, 0.29) is 5.89 Å². The van der Waals surface area contributed by atoms with Crippen LogP contribution in [0.1, 0.15) is 11.5 Å². The number of carboxylic acid groups (broad SMARTS) is 1. The van der Waals surface area contributed by atoms with Gasteiger partial charge < -0.3 is 14.3 Å². The summed E-state index contributed by atoms with van der Waals surface area (Å²) in [5.74, 6) is 0.0929. The molecule has 0 fully saturated rings. The highest BCUT2D eigenvalue weighted by Crippen LogP contribution is 2.26. The summed E-state index contributed by atoms with van der Waals surface area (Å²) in [6.45, 7) is 1.93. The second-order valence-electron chi connectivity index (χ2n) is 3.80. The number of rotatable bonds is 4. The molecule has 0 saturated heterocycles. The van der Waals surface area contributed by atoms with Crippen molar-refractivity contribution in [3.8, 4) is 17.2 Å². The molecule has 0 unspecified atom stereocenters. The van der Waals surface area contributed by atoms with Gasteiger partial charge in [0.25, 0.3) is 0 Å². The molecule has 0 bridgehead atoms. The summed E-state index contributed by atoms with van der Waals surface area (Å²) in [6, 6.07) is 5.49. The van der Waals surface area contributed by atoms with Crippen molar-refractivity contribution in [3.63, 3.8) is 0 Å². The molecule has 19 heavy (non-hydrogen) atoms. The molecule has 0 amide bonds. The van der Waals surface area contributed by atoms with Gasteiger partial charge in [-0.2, -0.15) is 0 Å². The molecule has 0 radical (unpaired) electrons. The standard InChI is InChI=1S/C13H12N2O4/c1-8-3-4-9(7-10(8)18-2)13-15-14-11(19-13)5-6-12(16)17/h3-7H,1-2H3,(H,16,17)/b6-5+. The molecule has 1 heterocycles. The summed E-state index contributed by atoms with van der Waals surface area (Å²) in [6.07, 6.45) is 2.18. The Hall–Kier alpha value is -2.63. The lowest BCUT2D eigenvalue weighted by molar-refractivity contribution is -0.131. The SMILES string of the molecule is COc1cc(-c2nnc(/C=C/C(=O)O)o2)ccc1C. The highest BCUT2D eigenvalue weighted by atomic mass is 16.5. The monoisotopic (exact) mass is 260 g/mol. The maximum Gasteiger partial charge on any atom is 0.328 e. The Morgan fingerprint density at radius 3 is 2.89 bits per heavy atom. The van der Waals surface area contributed by atoms with E-state index in [0.717, 1.165) is 17.4 Å². The van der Waals surface area contributed by atoms with Gasteiger partial charge in [0.05, 0.1) is 7.11 Å². The molecule has 0 aliphatic rings. The first-order valence-corrected chi connectivity index (χ1v) is 5.49. The van der Waals surface area contributed by atoms with Crippen LogP contribution in [0.2, 0.25) is 0 Å². The van der Waals surface area contributed by atoms with Crippen molar-refractivity contribution in [1.29, 1.82) is 0 Å². The van der Waals surface area contributed by atoms with E-state index >= 15 is 0 Å². The summed E-state index contributed by atoms with van der Waals surface area (Å²) in [5.41, 5.74) is 1.71. The van der Waals surface area contributed by atoms with Gasteiger partial charge in [0.1, 0.15) is 5.75 Å². The van der Waals surface area contributed by atoms with Crippen LogP contribution < -0.4 is 4.74 Å². The zero-order chi connectivity index (χ0) is 13.8. The van der Waals surface area contributed by atoms with E-state index in [4.69, 9.17) is 14.3 Å². The summed E-state index contributed by atoms with van der Waals surface area (Å²) in [5, 5.41) is 16.1. The van der Waals surface area contributed by atoms with Crippen LogP contribution in [0.15, 0.2) is 28.7 Å².